The minimum absolute atomic E-state index is 0.0317. The molecule has 0 spiro atoms. The summed E-state index contributed by atoms with van der Waals surface area (Å²) in [5, 5.41) is 0. The van der Waals surface area contributed by atoms with Gasteiger partial charge in [0.2, 0.25) is 5.82 Å². The Morgan fingerprint density at radius 2 is 1.80 bits per heavy atom. The van der Waals surface area contributed by atoms with E-state index in [1.165, 1.54) is 0 Å². The molecule has 1 saturated carbocycles. The van der Waals surface area contributed by atoms with Gasteiger partial charge in [0.25, 0.3) is 0 Å². The van der Waals surface area contributed by atoms with Crippen LogP contribution in [0.3, 0.4) is 0 Å². The zero-order valence-corrected chi connectivity index (χ0v) is 12.6. The zero-order chi connectivity index (χ0) is 14.8. The highest BCUT2D eigenvalue weighted by Gasteiger charge is 2.30. The minimum atomic E-state index is -0.833. The largest absolute Gasteiger partial charge is 0.490 e. The molecular weight excluding hydrogens is 258 g/mol. The fourth-order valence-electron chi connectivity index (χ4n) is 2.90. The van der Waals surface area contributed by atoms with Crippen molar-refractivity contribution in [2.75, 3.05) is 6.61 Å². The molecule has 20 heavy (non-hydrogen) atoms. The third kappa shape index (κ3) is 3.31. The second-order valence-electron chi connectivity index (χ2n) is 6.57. The normalized spacial score (nSPS) is 19.1. The van der Waals surface area contributed by atoms with Crippen molar-refractivity contribution < 1.29 is 13.5 Å². The molecule has 0 radical (unpaired) electrons. The number of hydrogen-bond acceptors (Lipinski definition) is 1. The van der Waals surface area contributed by atoms with Gasteiger partial charge in [0.05, 0.1) is 6.61 Å². The van der Waals surface area contributed by atoms with Crippen LogP contribution in [0.1, 0.15) is 64.4 Å². The number of rotatable bonds is 4. The maximum atomic E-state index is 14.2. The Morgan fingerprint density at radius 1 is 1.15 bits per heavy atom. The van der Waals surface area contributed by atoms with Gasteiger partial charge >= 0.3 is 0 Å². The lowest BCUT2D eigenvalue weighted by atomic mass is 9.71. The molecule has 0 N–H and O–H groups in total. The highest BCUT2D eigenvalue weighted by atomic mass is 19.2. The first kappa shape index (κ1) is 15.3. The highest BCUT2D eigenvalue weighted by molar-refractivity contribution is 5.33. The predicted octanol–water partition coefficient (Wildman–Crippen LogP) is 5.44. The molecule has 0 bridgehead atoms. The smallest absolute Gasteiger partial charge is 0.200 e. The van der Waals surface area contributed by atoms with Crippen molar-refractivity contribution in [3.05, 3.63) is 29.3 Å². The van der Waals surface area contributed by atoms with Gasteiger partial charge in [-0.1, -0.05) is 26.8 Å². The number of ether oxygens (including phenoxy) is 1. The van der Waals surface area contributed by atoms with Gasteiger partial charge in [-0.2, -0.15) is 4.39 Å². The second kappa shape index (κ2) is 6.11. The van der Waals surface area contributed by atoms with Gasteiger partial charge in [-0.05, 0) is 55.1 Å². The molecule has 0 unspecified atom stereocenters. The average molecular weight is 282 g/mol. The van der Waals surface area contributed by atoms with Gasteiger partial charge in [-0.3, -0.25) is 0 Å². The molecule has 0 saturated heterocycles. The van der Waals surface area contributed by atoms with Crippen molar-refractivity contribution in [3.63, 3.8) is 0 Å². The van der Waals surface area contributed by atoms with E-state index in [9.17, 15) is 8.78 Å². The topological polar surface area (TPSA) is 9.23 Å². The fourth-order valence-corrected chi connectivity index (χ4v) is 2.90. The Bertz CT molecular complexity index is 458. The van der Waals surface area contributed by atoms with E-state index >= 15 is 0 Å². The first-order valence-electron chi connectivity index (χ1n) is 7.55. The van der Waals surface area contributed by atoms with Crippen LogP contribution in [0.15, 0.2) is 12.1 Å². The minimum Gasteiger partial charge on any atom is -0.490 e. The molecule has 1 aliphatic carbocycles. The molecule has 0 aliphatic heterocycles. The van der Waals surface area contributed by atoms with E-state index in [0.29, 0.717) is 17.6 Å². The summed E-state index contributed by atoms with van der Waals surface area (Å²) in [4.78, 5) is 0. The number of hydrogen-bond donors (Lipinski definition) is 0. The summed E-state index contributed by atoms with van der Waals surface area (Å²) in [5.41, 5.74) is 0.845. The molecule has 3 heteroatoms. The fraction of sp³-hybridized carbons (Fsp3) is 0.647. The van der Waals surface area contributed by atoms with E-state index in [2.05, 4.69) is 13.8 Å². The first-order chi connectivity index (χ1) is 9.44. The Morgan fingerprint density at radius 3 is 2.40 bits per heavy atom. The summed E-state index contributed by atoms with van der Waals surface area (Å²) >= 11 is 0. The molecule has 1 aliphatic rings. The van der Waals surface area contributed by atoms with Gasteiger partial charge in [0.1, 0.15) is 0 Å². The lowest BCUT2D eigenvalue weighted by Gasteiger charge is -2.34. The molecular formula is C17H24F2O. The Kier molecular flexibility index (Phi) is 4.66. The summed E-state index contributed by atoms with van der Waals surface area (Å²) in [5.74, 6) is -1.38. The van der Waals surface area contributed by atoms with Gasteiger partial charge in [0, 0.05) is 0 Å². The van der Waals surface area contributed by atoms with Gasteiger partial charge in [-0.25, -0.2) is 4.39 Å². The summed E-state index contributed by atoms with van der Waals surface area (Å²) in [6.07, 6.45) is 4.76. The van der Waals surface area contributed by atoms with E-state index in [-0.39, 0.29) is 11.7 Å². The zero-order valence-electron chi connectivity index (χ0n) is 12.6. The summed E-state index contributed by atoms with van der Waals surface area (Å²) < 4.78 is 33.4. The van der Waals surface area contributed by atoms with Crippen molar-refractivity contribution in [2.45, 2.75) is 58.8 Å². The van der Waals surface area contributed by atoms with Crippen LogP contribution in [0, 0.1) is 17.0 Å². The van der Waals surface area contributed by atoms with E-state index in [4.69, 9.17) is 4.74 Å². The monoisotopic (exact) mass is 282 g/mol. The molecule has 0 aromatic heterocycles. The third-order valence-electron chi connectivity index (χ3n) is 4.32. The van der Waals surface area contributed by atoms with Crippen LogP contribution in [-0.4, -0.2) is 6.61 Å². The lowest BCUT2D eigenvalue weighted by molar-refractivity contribution is 0.221. The average Bonchev–Trinajstić information content (AvgIpc) is 2.41. The van der Waals surface area contributed by atoms with Crippen LogP contribution in [0.2, 0.25) is 0 Å². The van der Waals surface area contributed by atoms with E-state index in [1.807, 2.05) is 6.92 Å². The molecule has 0 amide bonds. The Balaban J connectivity index is 2.15. The van der Waals surface area contributed by atoms with Gasteiger partial charge in [-0.15, -0.1) is 0 Å². The van der Waals surface area contributed by atoms with Gasteiger partial charge in [0.15, 0.2) is 11.6 Å². The van der Waals surface area contributed by atoms with Crippen LogP contribution in [-0.2, 0) is 0 Å². The van der Waals surface area contributed by atoms with E-state index in [1.54, 1.807) is 12.1 Å². The summed E-state index contributed by atoms with van der Waals surface area (Å²) in [7, 11) is 0. The molecule has 1 fully saturated rings. The van der Waals surface area contributed by atoms with Crippen LogP contribution in [0.25, 0.3) is 0 Å². The van der Waals surface area contributed by atoms with Gasteiger partial charge < -0.3 is 4.74 Å². The molecule has 112 valence electrons. The van der Waals surface area contributed by atoms with Crippen LogP contribution in [0.4, 0.5) is 8.78 Å². The standard InChI is InChI=1S/C17H24F2O/c1-4-11-20-14-6-5-13(15(18)16(14)19)12-7-9-17(2,3)10-8-12/h5-6,12H,4,7-11H2,1-3H3. The van der Waals surface area contributed by atoms with E-state index < -0.39 is 11.6 Å². The van der Waals surface area contributed by atoms with Crippen molar-refractivity contribution in [3.8, 4) is 5.75 Å². The molecule has 1 aromatic rings. The van der Waals surface area contributed by atoms with Crippen molar-refractivity contribution in [1.29, 1.82) is 0 Å². The number of halogens is 2. The van der Waals surface area contributed by atoms with Crippen LogP contribution in [0.5, 0.6) is 5.75 Å². The SMILES string of the molecule is CCCOc1ccc(C2CCC(C)(C)CC2)c(F)c1F. The molecule has 1 aromatic carbocycles. The van der Waals surface area contributed by atoms with Crippen molar-refractivity contribution >= 4 is 0 Å². The van der Waals surface area contributed by atoms with Crippen LogP contribution < -0.4 is 4.74 Å². The number of benzene rings is 1. The lowest BCUT2D eigenvalue weighted by Crippen LogP contribution is -2.21. The predicted molar refractivity (Wildman–Crippen MR) is 77.1 cm³/mol. The maximum absolute atomic E-state index is 14.2. The third-order valence-corrected chi connectivity index (χ3v) is 4.32. The Labute approximate surface area is 120 Å². The molecule has 2 rings (SSSR count). The van der Waals surface area contributed by atoms with Crippen molar-refractivity contribution in [2.24, 2.45) is 5.41 Å². The molecule has 0 atom stereocenters. The molecule has 0 heterocycles. The molecule has 1 nitrogen and oxygen atoms in total. The highest BCUT2D eigenvalue weighted by Crippen LogP contribution is 2.43. The quantitative estimate of drug-likeness (QED) is 0.714. The van der Waals surface area contributed by atoms with E-state index in [0.717, 1.165) is 32.1 Å². The summed E-state index contributed by atoms with van der Waals surface area (Å²) in [6, 6.07) is 3.27. The Hall–Kier alpha value is -1.12. The van der Waals surface area contributed by atoms with Crippen LogP contribution >= 0.6 is 0 Å². The first-order valence-corrected chi connectivity index (χ1v) is 7.55. The second-order valence-corrected chi connectivity index (χ2v) is 6.57. The van der Waals surface area contributed by atoms with Crippen molar-refractivity contribution in [1.82, 2.24) is 0 Å². The maximum Gasteiger partial charge on any atom is 0.200 e. The summed E-state index contributed by atoms with van der Waals surface area (Å²) in [6.45, 7) is 6.82.